The zero-order chi connectivity index (χ0) is 22.8. The first-order valence-electron chi connectivity index (χ1n) is 10.6. The third-order valence-electron chi connectivity index (χ3n) is 5.58. The number of benzene rings is 2. The predicted octanol–water partition coefficient (Wildman–Crippen LogP) is 4.01. The molecule has 33 heavy (non-hydrogen) atoms. The van der Waals surface area contributed by atoms with Crippen LogP contribution in [0.3, 0.4) is 0 Å². The smallest absolute Gasteiger partial charge is 0.269 e. The van der Waals surface area contributed by atoms with Gasteiger partial charge in [-0.3, -0.25) is 14.4 Å². The van der Waals surface area contributed by atoms with E-state index in [4.69, 9.17) is 0 Å². The lowest BCUT2D eigenvalue weighted by atomic mass is 10.1. The molecule has 3 aromatic rings. The number of fused-ring (bicyclic) bond motifs is 3. The zero-order valence-electron chi connectivity index (χ0n) is 17.6. The van der Waals surface area contributed by atoms with Crippen LogP contribution in [0.15, 0.2) is 65.0 Å². The van der Waals surface area contributed by atoms with Gasteiger partial charge in [0.2, 0.25) is 11.8 Å². The number of carbonyl (C=O) groups is 3. The van der Waals surface area contributed by atoms with Gasteiger partial charge >= 0.3 is 0 Å². The molecule has 2 aromatic carbocycles. The number of aromatic nitrogens is 1. The van der Waals surface area contributed by atoms with Gasteiger partial charge in [-0.1, -0.05) is 36.4 Å². The first-order chi connectivity index (χ1) is 16.0. The lowest BCUT2D eigenvalue weighted by Crippen LogP contribution is -2.24. The second-order valence-electron chi connectivity index (χ2n) is 7.89. The van der Waals surface area contributed by atoms with Gasteiger partial charge in [0.15, 0.2) is 5.13 Å². The number of dihydropyridines is 1. The van der Waals surface area contributed by atoms with Crippen molar-refractivity contribution >= 4 is 46.1 Å². The van der Waals surface area contributed by atoms with E-state index in [0.717, 1.165) is 17.8 Å². The minimum absolute atomic E-state index is 0.0859. The third-order valence-corrected chi connectivity index (χ3v) is 6.39. The number of hydrogen-bond acceptors (Lipinski definition) is 5. The first-order valence-corrected chi connectivity index (χ1v) is 11.5. The van der Waals surface area contributed by atoms with E-state index in [2.05, 4.69) is 38.8 Å². The summed E-state index contributed by atoms with van der Waals surface area (Å²) >= 11 is 1.30. The van der Waals surface area contributed by atoms with Crippen LogP contribution in [0.2, 0.25) is 0 Å². The van der Waals surface area contributed by atoms with E-state index in [1.54, 1.807) is 0 Å². The molecule has 0 bridgehead atoms. The Kier molecular flexibility index (Phi) is 5.66. The second-order valence-corrected chi connectivity index (χ2v) is 8.75. The number of rotatable bonds is 6. The van der Waals surface area contributed by atoms with Crippen molar-refractivity contribution < 1.29 is 14.4 Å². The Balaban J connectivity index is 1.13. The lowest BCUT2D eigenvalue weighted by Gasteiger charge is -2.08. The highest BCUT2D eigenvalue weighted by Crippen LogP contribution is 2.37. The van der Waals surface area contributed by atoms with Gasteiger partial charge in [-0.05, 0) is 47.2 Å². The number of anilines is 2. The maximum absolute atomic E-state index is 12.5. The van der Waals surface area contributed by atoms with E-state index in [1.165, 1.54) is 52.0 Å². The lowest BCUT2D eigenvalue weighted by molar-refractivity contribution is -0.117. The topological polar surface area (TPSA) is 101 Å². The number of thiazole rings is 1. The Labute approximate surface area is 194 Å². The van der Waals surface area contributed by atoms with Gasteiger partial charge in [0.25, 0.3) is 5.91 Å². The molecule has 2 aliphatic rings. The van der Waals surface area contributed by atoms with Crippen molar-refractivity contribution in [1.29, 1.82) is 0 Å². The number of hydrogen-bond donors (Lipinski definition) is 2. The maximum atomic E-state index is 12.5. The zero-order valence-corrected chi connectivity index (χ0v) is 18.4. The number of carbonyl (C=O) groups excluding carboxylic acids is 3. The standard InChI is InChI=1S/C25H20N4O3S/c30-22-9-5-16(13-26-22)24(32)29-25-28-19(14-33-25)7-10-23(31)27-18-6-8-21-17(12-18)11-15-3-1-2-4-20(15)21/h1-6,8-9,12-14,16H,7,10-11H2,(H,27,31)(H,28,29,32). The van der Waals surface area contributed by atoms with Crippen LogP contribution in [0.1, 0.15) is 23.2 Å². The van der Waals surface area contributed by atoms with Crippen molar-refractivity contribution in [3.8, 4) is 11.1 Å². The monoisotopic (exact) mass is 456 g/mol. The van der Waals surface area contributed by atoms with Gasteiger partial charge in [-0.2, -0.15) is 0 Å². The fourth-order valence-corrected chi connectivity index (χ4v) is 4.69. The molecule has 2 heterocycles. The molecule has 0 radical (unpaired) electrons. The molecule has 1 aliphatic carbocycles. The number of nitrogens with one attached hydrogen (secondary N) is 2. The minimum atomic E-state index is -0.596. The summed E-state index contributed by atoms with van der Waals surface area (Å²) in [5, 5.41) is 7.97. The molecule has 5 rings (SSSR count). The van der Waals surface area contributed by atoms with Crippen molar-refractivity contribution in [2.45, 2.75) is 19.3 Å². The molecule has 1 aliphatic heterocycles. The summed E-state index contributed by atoms with van der Waals surface area (Å²) in [5.41, 5.74) is 6.54. The van der Waals surface area contributed by atoms with E-state index in [-0.39, 0.29) is 24.1 Å². The van der Waals surface area contributed by atoms with Gasteiger partial charge in [0, 0.05) is 29.8 Å². The molecule has 0 spiro atoms. The summed E-state index contributed by atoms with van der Waals surface area (Å²) in [4.78, 5) is 43.8. The van der Waals surface area contributed by atoms with E-state index < -0.39 is 5.92 Å². The van der Waals surface area contributed by atoms with Gasteiger partial charge in [0.1, 0.15) is 0 Å². The molecule has 1 aromatic heterocycles. The van der Waals surface area contributed by atoms with Crippen molar-refractivity contribution in [3.63, 3.8) is 0 Å². The number of aliphatic imine (C=N–C) groups is 1. The van der Waals surface area contributed by atoms with Crippen molar-refractivity contribution in [2.24, 2.45) is 10.9 Å². The molecule has 0 fully saturated rings. The summed E-state index contributed by atoms with van der Waals surface area (Å²) in [7, 11) is 0. The van der Waals surface area contributed by atoms with Crippen LogP contribution in [0.5, 0.6) is 0 Å². The van der Waals surface area contributed by atoms with Crippen LogP contribution in [-0.4, -0.2) is 28.9 Å². The van der Waals surface area contributed by atoms with Gasteiger partial charge in [-0.15, -0.1) is 11.3 Å². The van der Waals surface area contributed by atoms with Crippen LogP contribution in [0.4, 0.5) is 10.8 Å². The Morgan fingerprint density at radius 2 is 1.91 bits per heavy atom. The molecule has 1 atom stereocenters. The van der Waals surface area contributed by atoms with E-state index >= 15 is 0 Å². The largest absolute Gasteiger partial charge is 0.326 e. The summed E-state index contributed by atoms with van der Waals surface area (Å²) in [6.07, 6.45) is 5.72. The SMILES string of the molecule is O=C1C=CC(C(=O)Nc2nc(CCC(=O)Nc3ccc4c(c3)Cc3ccccc3-4)cs2)C=N1. The van der Waals surface area contributed by atoms with Crippen molar-refractivity contribution in [3.05, 3.63) is 76.8 Å². The van der Waals surface area contributed by atoms with Gasteiger partial charge < -0.3 is 10.6 Å². The fraction of sp³-hybridized carbons (Fsp3) is 0.160. The van der Waals surface area contributed by atoms with Crippen LogP contribution in [-0.2, 0) is 27.2 Å². The Morgan fingerprint density at radius 1 is 1.06 bits per heavy atom. The number of aryl methyl sites for hydroxylation is 1. The quantitative estimate of drug-likeness (QED) is 0.458. The van der Waals surface area contributed by atoms with Crippen LogP contribution in [0, 0.1) is 5.92 Å². The third kappa shape index (κ3) is 4.65. The normalized spacial score (nSPS) is 15.8. The van der Waals surface area contributed by atoms with Crippen LogP contribution < -0.4 is 10.6 Å². The van der Waals surface area contributed by atoms with Gasteiger partial charge in [0.05, 0.1) is 11.6 Å². The molecule has 7 nitrogen and oxygen atoms in total. The molecule has 8 heteroatoms. The fourth-order valence-electron chi connectivity index (χ4n) is 3.94. The molecule has 164 valence electrons. The Morgan fingerprint density at radius 3 is 2.76 bits per heavy atom. The van der Waals surface area contributed by atoms with E-state index in [1.807, 2.05) is 29.6 Å². The molecular weight excluding hydrogens is 436 g/mol. The first kappa shape index (κ1) is 21.0. The van der Waals surface area contributed by atoms with Crippen molar-refractivity contribution in [1.82, 2.24) is 4.98 Å². The highest BCUT2D eigenvalue weighted by atomic mass is 32.1. The summed E-state index contributed by atoms with van der Waals surface area (Å²) in [6.45, 7) is 0. The molecule has 3 amide bonds. The van der Waals surface area contributed by atoms with Crippen LogP contribution in [0.25, 0.3) is 11.1 Å². The van der Waals surface area contributed by atoms with E-state index in [9.17, 15) is 14.4 Å². The summed E-state index contributed by atoms with van der Waals surface area (Å²) in [6, 6.07) is 14.4. The minimum Gasteiger partial charge on any atom is -0.326 e. The molecule has 1 unspecified atom stereocenters. The average Bonchev–Trinajstić information content (AvgIpc) is 3.41. The van der Waals surface area contributed by atoms with Gasteiger partial charge in [-0.25, -0.2) is 9.98 Å². The average molecular weight is 457 g/mol. The Bertz CT molecular complexity index is 1310. The van der Waals surface area contributed by atoms with Crippen molar-refractivity contribution in [2.75, 3.05) is 10.6 Å². The molecule has 2 N–H and O–H groups in total. The molecule has 0 saturated carbocycles. The second kappa shape index (κ2) is 8.91. The predicted molar refractivity (Wildman–Crippen MR) is 129 cm³/mol. The number of amides is 3. The summed E-state index contributed by atoms with van der Waals surface area (Å²) < 4.78 is 0. The maximum Gasteiger partial charge on any atom is 0.269 e. The Hall–Kier alpha value is -3.91. The highest BCUT2D eigenvalue weighted by molar-refractivity contribution is 7.13. The highest BCUT2D eigenvalue weighted by Gasteiger charge is 2.19. The molecular formula is C25H20N4O3S. The van der Waals surface area contributed by atoms with E-state index in [0.29, 0.717) is 11.6 Å². The summed E-state index contributed by atoms with van der Waals surface area (Å²) in [5.74, 6) is -1.36. The number of nitrogens with zero attached hydrogens (tertiary/aromatic N) is 2. The van der Waals surface area contributed by atoms with Crippen LogP contribution >= 0.6 is 11.3 Å². The molecule has 0 saturated heterocycles.